The van der Waals surface area contributed by atoms with Crippen molar-refractivity contribution in [2.75, 3.05) is 27.4 Å². The summed E-state index contributed by atoms with van der Waals surface area (Å²) in [6.07, 6.45) is 3.60. The van der Waals surface area contributed by atoms with Gasteiger partial charge in [0, 0.05) is 53.6 Å². The summed E-state index contributed by atoms with van der Waals surface area (Å²) in [6, 6.07) is 2.41. The quantitative estimate of drug-likeness (QED) is 0.322. The Labute approximate surface area is 149 Å². The molecular formula is C15H25IN2O3S. The summed E-state index contributed by atoms with van der Waals surface area (Å²) in [6.45, 7) is 5.69. The van der Waals surface area contributed by atoms with Crippen LogP contribution in [0.5, 0.6) is 11.6 Å². The molecule has 1 atom stereocenters. The summed E-state index contributed by atoms with van der Waals surface area (Å²) in [5, 5.41) is 0. The molecule has 0 bridgehead atoms. The first-order chi connectivity index (χ1) is 10.6. The minimum Gasteiger partial charge on any atom is -0.488 e. The van der Waals surface area contributed by atoms with E-state index >= 15 is 0 Å². The molecule has 1 heterocycles. The summed E-state index contributed by atoms with van der Waals surface area (Å²) in [4.78, 5) is 4.35. The molecule has 5 nitrogen and oxygen atoms in total. The van der Waals surface area contributed by atoms with Gasteiger partial charge in [0.05, 0.1) is 13.7 Å². The van der Waals surface area contributed by atoms with Crippen LogP contribution in [0.3, 0.4) is 0 Å². The lowest BCUT2D eigenvalue weighted by Gasteiger charge is -2.21. The van der Waals surface area contributed by atoms with Crippen LogP contribution in [0.25, 0.3) is 0 Å². The molecule has 7 heteroatoms. The van der Waals surface area contributed by atoms with Crippen LogP contribution in [-0.4, -0.2) is 38.5 Å². The van der Waals surface area contributed by atoms with Gasteiger partial charge in [-0.05, 0) is 33.1 Å². The second-order valence-corrected chi connectivity index (χ2v) is 7.01. The van der Waals surface area contributed by atoms with Gasteiger partial charge in [-0.15, -0.1) is 0 Å². The van der Waals surface area contributed by atoms with Gasteiger partial charge in [0.1, 0.15) is 0 Å². The number of methoxy groups -OCH3 is 2. The zero-order chi connectivity index (χ0) is 16.4. The normalized spacial score (nSPS) is 12.5. The largest absolute Gasteiger partial charge is 0.488 e. The molecule has 0 unspecified atom stereocenters. The van der Waals surface area contributed by atoms with E-state index in [9.17, 15) is 0 Å². The van der Waals surface area contributed by atoms with E-state index in [1.165, 1.54) is 0 Å². The van der Waals surface area contributed by atoms with E-state index in [0.29, 0.717) is 36.8 Å². The molecule has 0 saturated carbocycles. The van der Waals surface area contributed by atoms with Crippen LogP contribution in [0.2, 0.25) is 0 Å². The minimum absolute atomic E-state index is 0.387. The number of rotatable bonds is 11. The zero-order valence-corrected chi connectivity index (χ0v) is 16.6. The Morgan fingerprint density at radius 2 is 2.09 bits per heavy atom. The van der Waals surface area contributed by atoms with Crippen LogP contribution in [-0.2, 0) is 11.2 Å². The molecule has 1 N–H and O–H groups in total. The summed E-state index contributed by atoms with van der Waals surface area (Å²) < 4.78 is 19.5. The van der Waals surface area contributed by atoms with Crippen LogP contribution in [0.1, 0.15) is 25.8 Å². The number of nitrogens with zero attached hydrogens (tertiary/aromatic N) is 1. The molecule has 1 aromatic heterocycles. The first-order valence-corrected chi connectivity index (χ1v) is 10.7. The highest BCUT2D eigenvalue weighted by atomic mass is 127. The minimum atomic E-state index is 0.387. The van der Waals surface area contributed by atoms with E-state index in [0.717, 1.165) is 18.4 Å². The van der Waals surface area contributed by atoms with Gasteiger partial charge in [-0.2, -0.15) is 0 Å². The van der Waals surface area contributed by atoms with Gasteiger partial charge in [-0.25, -0.2) is 4.98 Å². The Hall–Kier alpha value is -0.250. The van der Waals surface area contributed by atoms with E-state index in [1.807, 2.05) is 12.3 Å². The summed E-state index contributed by atoms with van der Waals surface area (Å²) >= 11 is 2.26. The monoisotopic (exact) mass is 440 g/mol. The number of hydrogen-bond donors (Lipinski definition) is 1. The van der Waals surface area contributed by atoms with Crippen molar-refractivity contribution in [2.24, 2.45) is 5.92 Å². The molecule has 0 aliphatic rings. The number of ether oxygens (including phenoxy) is 3. The van der Waals surface area contributed by atoms with E-state index in [4.69, 9.17) is 14.2 Å². The predicted molar refractivity (Wildman–Crippen MR) is 99.9 cm³/mol. The van der Waals surface area contributed by atoms with Crippen molar-refractivity contribution >= 4 is 30.3 Å². The van der Waals surface area contributed by atoms with Gasteiger partial charge in [0.2, 0.25) is 0 Å². The van der Waals surface area contributed by atoms with E-state index < -0.39 is 0 Å². The van der Waals surface area contributed by atoms with E-state index in [2.05, 4.69) is 44.8 Å². The third-order valence-electron chi connectivity index (χ3n) is 3.27. The summed E-state index contributed by atoms with van der Waals surface area (Å²) in [7, 11) is 4.91. The van der Waals surface area contributed by atoms with Gasteiger partial charge in [0.15, 0.2) is 5.75 Å². The van der Waals surface area contributed by atoms with Crippen molar-refractivity contribution in [3.63, 3.8) is 0 Å². The van der Waals surface area contributed by atoms with Crippen molar-refractivity contribution in [1.29, 1.82) is 0 Å². The van der Waals surface area contributed by atoms with Crippen LogP contribution in [0.15, 0.2) is 12.3 Å². The maximum atomic E-state index is 5.78. The van der Waals surface area contributed by atoms with Crippen LogP contribution in [0, 0.1) is 5.92 Å². The predicted octanol–water partition coefficient (Wildman–Crippen LogP) is 3.66. The molecule has 0 saturated heterocycles. The van der Waals surface area contributed by atoms with E-state index in [-0.39, 0.29) is 0 Å². The molecule has 1 rings (SSSR count). The van der Waals surface area contributed by atoms with Gasteiger partial charge < -0.3 is 14.2 Å². The fourth-order valence-electron chi connectivity index (χ4n) is 1.95. The first kappa shape index (κ1) is 19.8. The van der Waals surface area contributed by atoms with Crippen molar-refractivity contribution in [3.05, 3.63) is 17.8 Å². The molecule has 0 aliphatic heterocycles. The van der Waals surface area contributed by atoms with Crippen LogP contribution < -0.4 is 14.2 Å². The second-order valence-electron chi connectivity index (χ2n) is 5.30. The highest BCUT2D eigenvalue weighted by Crippen LogP contribution is 2.26. The molecule has 0 aromatic carbocycles. The first-order valence-electron chi connectivity index (χ1n) is 7.30. The number of pyridine rings is 1. The van der Waals surface area contributed by atoms with Gasteiger partial charge in [-0.1, -0.05) is 13.8 Å². The summed E-state index contributed by atoms with van der Waals surface area (Å²) in [5.41, 5.74) is 1.14. The van der Waals surface area contributed by atoms with Gasteiger partial charge >= 0.3 is 0 Å². The SMILES string of the molecule is COCCCOc1cc(C[C@H](NSI)C(C)C)cnc1OC. The smallest absolute Gasteiger partial charge is 0.256 e. The van der Waals surface area contributed by atoms with E-state index in [1.54, 1.807) is 23.3 Å². The molecule has 22 heavy (non-hydrogen) atoms. The third kappa shape index (κ3) is 6.89. The van der Waals surface area contributed by atoms with Crippen LogP contribution in [0.4, 0.5) is 0 Å². The van der Waals surface area contributed by atoms with Crippen molar-refractivity contribution < 1.29 is 14.2 Å². The van der Waals surface area contributed by atoms with Crippen molar-refractivity contribution in [2.45, 2.75) is 32.7 Å². The van der Waals surface area contributed by atoms with Gasteiger partial charge in [-0.3, -0.25) is 4.72 Å². The molecule has 126 valence electrons. The Morgan fingerprint density at radius 1 is 1.32 bits per heavy atom. The molecule has 0 radical (unpaired) electrons. The zero-order valence-electron chi connectivity index (χ0n) is 13.6. The van der Waals surface area contributed by atoms with Crippen LogP contribution >= 0.6 is 30.3 Å². The second kappa shape index (κ2) is 11.3. The molecule has 0 amide bonds. The molecule has 1 aromatic rings. The average Bonchev–Trinajstić information content (AvgIpc) is 2.51. The number of hydrogen-bond acceptors (Lipinski definition) is 6. The molecule has 0 fully saturated rings. The topological polar surface area (TPSA) is 52.6 Å². The Bertz CT molecular complexity index is 435. The standard InChI is InChI=1S/C15H25IN2O3S/c1-11(2)13(18-22-16)8-12-9-14(15(20-4)17-10-12)21-7-5-6-19-3/h9-11,13,18H,5-8H2,1-4H3/t13-/m0/s1. The summed E-state index contributed by atoms with van der Waals surface area (Å²) in [5.74, 6) is 1.76. The number of halogens is 1. The Kier molecular flexibility index (Phi) is 10.2. The lowest BCUT2D eigenvalue weighted by atomic mass is 9.98. The van der Waals surface area contributed by atoms with Crippen molar-refractivity contribution in [1.82, 2.24) is 9.71 Å². The highest BCUT2D eigenvalue weighted by molar-refractivity contribution is 14.2. The fraction of sp³-hybridized carbons (Fsp3) is 0.667. The molecular weight excluding hydrogens is 415 g/mol. The lowest BCUT2D eigenvalue weighted by molar-refractivity contribution is 0.170. The Balaban J connectivity index is 2.75. The number of aromatic nitrogens is 1. The highest BCUT2D eigenvalue weighted by Gasteiger charge is 2.15. The maximum Gasteiger partial charge on any atom is 0.256 e. The fourth-order valence-corrected chi connectivity index (χ4v) is 3.40. The Morgan fingerprint density at radius 3 is 2.68 bits per heavy atom. The average molecular weight is 440 g/mol. The van der Waals surface area contributed by atoms with Gasteiger partial charge in [0.25, 0.3) is 5.88 Å². The maximum absolute atomic E-state index is 5.78. The third-order valence-corrected chi connectivity index (χ3v) is 4.43. The molecule has 0 aliphatic carbocycles. The lowest BCUT2D eigenvalue weighted by Crippen LogP contribution is -2.30. The molecule has 0 spiro atoms. The van der Waals surface area contributed by atoms with Crippen molar-refractivity contribution in [3.8, 4) is 11.6 Å². The number of nitrogens with one attached hydrogen (secondary N) is 1.